The van der Waals surface area contributed by atoms with Crippen molar-refractivity contribution >= 4 is 0 Å². The molecule has 1 atom stereocenters. The highest BCUT2D eigenvalue weighted by atomic mass is 16.5. The standard InChI is InChI=1S/C13H21N3O2/c1-3-9(2)6-14-7-12-15-11-4-5-18-8-10(11)13(17)16-12/h9,14H,3-8H2,1-2H3,(H,15,16,17)/t9-/m0/s1. The van der Waals surface area contributed by atoms with Crippen molar-refractivity contribution in [3.05, 3.63) is 27.4 Å². The smallest absolute Gasteiger partial charge is 0.256 e. The molecule has 0 bridgehead atoms. The van der Waals surface area contributed by atoms with Crippen LogP contribution in [0.1, 0.15) is 37.4 Å². The summed E-state index contributed by atoms with van der Waals surface area (Å²) >= 11 is 0. The van der Waals surface area contributed by atoms with Gasteiger partial charge in [0.1, 0.15) is 5.82 Å². The fourth-order valence-electron chi connectivity index (χ4n) is 1.96. The summed E-state index contributed by atoms with van der Waals surface area (Å²) in [5.41, 5.74) is 1.53. The van der Waals surface area contributed by atoms with Crippen molar-refractivity contribution in [2.45, 2.75) is 39.8 Å². The van der Waals surface area contributed by atoms with Gasteiger partial charge in [0.05, 0.1) is 31.0 Å². The summed E-state index contributed by atoms with van der Waals surface area (Å²) in [6, 6.07) is 0. The van der Waals surface area contributed by atoms with E-state index >= 15 is 0 Å². The van der Waals surface area contributed by atoms with E-state index in [0.717, 1.165) is 30.9 Å². The minimum atomic E-state index is -0.0555. The maximum Gasteiger partial charge on any atom is 0.256 e. The quantitative estimate of drug-likeness (QED) is 0.818. The summed E-state index contributed by atoms with van der Waals surface area (Å²) in [6.07, 6.45) is 1.89. The molecule has 2 N–H and O–H groups in total. The second-order valence-corrected chi connectivity index (χ2v) is 4.88. The minimum Gasteiger partial charge on any atom is -0.376 e. The van der Waals surface area contributed by atoms with Gasteiger partial charge in [0, 0.05) is 6.42 Å². The van der Waals surface area contributed by atoms with Gasteiger partial charge in [-0.3, -0.25) is 4.79 Å². The van der Waals surface area contributed by atoms with Crippen molar-refractivity contribution in [1.82, 2.24) is 15.3 Å². The molecular weight excluding hydrogens is 230 g/mol. The zero-order chi connectivity index (χ0) is 13.0. The molecule has 1 aromatic heterocycles. The Bertz CT molecular complexity index is 456. The second-order valence-electron chi connectivity index (χ2n) is 4.88. The molecule has 0 aliphatic carbocycles. The molecule has 0 unspecified atom stereocenters. The number of aromatic amines is 1. The summed E-state index contributed by atoms with van der Waals surface area (Å²) in [5.74, 6) is 1.37. The predicted octanol–water partition coefficient (Wildman–Crippen LogP) is 0.978. The first-order valence-electron chi connectivity index (χ1n) is 6.60. The lowest BCUT2D eigenvalue weighted by molar-refractivity contribution is 0.107. The molecule has 2 rings (SSSR count). The molecule has 0 radical (unpaired) electrons. The van der Waals surface area contributed by atoms with E-state index in [9.17, 15) is 4.79 Å². The van der Waals surface area contributed by atoms with E-state index in [2.05, 4.69) is 29.1 Å². The highest BCUT2D eigenvalue weighted by molar-refractivity contribution is 5.19. The first-order chi connectivity index (χ1) is 8.70. The molecule has 0 spiro atoms. The highest BCUT2D eigenvalue weighted by Gasteiger charge is 2.15. The molecule has 0 aromatic carbocycles. The van der Waals surface area contributed by atoms with Gasteiger partial charge in [0.15, 0.2) is 0 Å². The number of nitrogens with zero attached hydrogens (tertiary/aromatic N) is 1. The van der Waals surface area contributed by atoms with Crippen LogP contribution in [-0.2, 0) is 24.3 Å². The van der Waals surface area contributed by atoms with E-state index in [0.29, 0.717) is 31.2 Å². The van der Waals surface area contributed by atoms with Gasteiger partial charge in [-0.15, -0.1) is 0 Å². The molecule has 1 aliphatic rings. The van der Waals surface area contributed by atoms with Crippen LogP contribution in [0.3, 0.4) is 0 Å². The maximum atomic E-state index is 11.8. The number of hydrogen-bond acceptors (Lipinski definition) is 4. The van der Waals surface area contributed by atoms with Crippen LogP contribution in [0.5, 0.6) is 0 Å². The zero-order valence-corrected chi connectivity index (χ0v) is 11.1. The van der Waals surface area contributed by atoms with Gasteiger partial charge < -0.3 is 15.0 Å². The van der Waals surface area contributed by atoms with E-state index in [1.54, 1.807) is 0 Å². The number of fused-ring (bicyclic) bond motifs is 1. The Morgan fingerprint density at radius 1 is 1.56 bits per heavy atom. The number of nitrogens with one attached hydrogen (secondary N) is 2. The molecule has 0 fully saturated rings. The second kappa shape index (κ2) is 6.11. The lowest BCUT2D eigenvalue weighted by Gasteiger charge is -2.16. The molecule has 100 valence electrons. The predicted molar refractivity (Wildman–Crippen MR) is 69.4 cm³/mol. The van der Waals surface area contributed by atoms with Crippen LogP contribution < -0.4 is 10.9 Å². The van der Waals surface area contributed by atoms with Crippen LogP contribution in [0.4, 0.5) is 0 Å². The van der Waals surface area contributed by atoms with Gasteiger partial charge in [0.25, 0.3) is 5.56 Å². The SMILES string of the molecule is CC[C@H](C)CNCc1nc2c(c(=O)[nH]1)COCC2. The molecule has 0 amide bonds. The van der Waals surface area contributed by atoms with Crippen molar-refractivity contribution in [3.63, 3.8) is 0 Å². The van der Waals surface area contributed by atoms with Crippen molar-refractivity contribution in [1.29, 1.82) is 0 Å². The van der Waals surface area contributed by atoms with Crippen LogP contribution in [0.15, 0.2) is 4.79 Å². The molecule has 5 heteroatoms. The van der Waals surface area contributed by atoms with Crippen molar-refractivity contribution in [2.75, 3.05) is 13.2 Å². The largest absolute Gasteiger partial charge is 0.376 e. The molecule has 0 saturated carbocycles. The summed E-state index contributed by atoms with van der Waals surface area (Å²) in [6.45, 7) is 6.98. The van der Waals surface area contributed by atoms with E-state index in [4.69, 9.17) is 4.74 Å². The Balaban J connectivity index is 2.01. The van der Waals surface area contributed by atoms with Gasteiger partial charge in [-0.25, -0.2) is 4.98 Å². The molecule has 1 aliphatic heterocycles. The highest BCUT2D eigenvalue weighted by Crippen LogP contribution is 2.09. The van der Waals surface area contributed by atoms with Gasteiger partial charge in [-0.1, -0.05) is 20.3 Å². The summed E-state index contributed by atoms with van der Waals surface area (Å²) in [7, 11) is 0. The van der Waals surface area contributed by atoms with E-state index in [-0.39, 0.29) is 5.56 Å². The monoisotopic (exact) mass is 251 g/mol. The number of rotatable bonds is 5. The summed E-state index contributed by atoms with van der Waals surface area (Å²) in [5, 5.41) is 3.32. The van der Waals surface area contributed by atoms with Crippen molar-refractivity contribution < 1.29 is 4.74 Å². The minimum absolute atomic E-state index is 0.0555. The number of hydrogen-bond donors (Lipinski definition) is 2. The Kier molecular flexibility index (Phi) is 4.49. The van der Waals surface area contributed by atoms with Crippen molar-refractivity contribution in [2.24, 2.45) is 5.92 Å². The average Bonchev–Trinajstić information content (AvgIpc) is 2.38. The fraction of sp³-hybridized carbons (Fsp3) is 0.692. The third kappa shape index (κ3) is 3.17. The Morgan fingerprint density at radius 2 is 2.39 bits per heavy atom. The molecular formula is C13H21N3O2. The van der Waals surface area contributed by atoms with Gasteiger partial charge >= 0.3 is 0 Å². The Hall–Kier alpha value is -1.20. The normalized spacial score (nSPS) is 16.3. The van der Waals surface area contributed by atoms with E-state index in [1.807, 2.05) is 0 Å². The molecule has 1 aromatic rings. The molecule has 5 nitrogen and oxygen atoms in total. The maximum absolute atomic E-state index is 11.8. The van der Waals surface area contributed by atoms with E-state index < -0.39 is 0 Å². The average molecular weight is 251 g/mol. The van der Waals surface area contributed by atoms with Crippen LogP contribution >= 0.6 is 0 Å². The number of H-pyrrole nitrogens is 1. The molecule has 2 heterocycles. The van der Waals surface area contributed by atoms with Gasteiger partial charge in [0.2, 0.25) is 0 Å². The first kappa shape index (κ1) is 13.2. The third-order valence-electron chi connectivity index (χ3n) is 3.36. The van der Waals surface area contributed by atoms with E-state index in [1.165, 1.54) is 0 Å². The summed E-state index contributed by atoms with van der Waals surface area (Å²) < 4.78 is 5.27. The Labute approximate surface area is 107 Å². The summed E-state index contributed by atoms with van der Waals surface area (Å²) in [4.78, 5) is 19.2. The number of ether oxygens (including phenoxy) is 1. The Morgan fingerprint density at radius 3 is 3.17 bits per heavy atom. The van der Waals surface area contributed by atoms with Crippen LogP contribution in [-0.4, -0.2) is 23.1 Å². The van der Waals surface area contributed by atoms with Crippen LogP contribution in [0, 0.1) is 5.92 Å². The third-order valence-corrected chi connectivity index (χ3v) is 3.36. The van der Waals surface area contributed by atoms with Gasteiger partial charge in [-0.05, 0) is 12.5 Å². The number of aromatic nitrogens is 2. The zero-order valence-electron chi connectivity index (χ0n) is 11.1. The topological polar surface area (TPSA) is 67.0 Å². The lowest BCUT2D eigenvalue weighted by Crippen LogP contribution is -2.28. The molecule has 0 saturated heterocycles. The first-order valence-corrected chi connectivity index (χ1v) is 6.60. The van der Waals surface area contributed by atoms with Crippen molar-refractivity contribution in [3.8, 4) is 0 Å². The van der Waals surface area contributed by atoms with Crippen LogP contribution in [0.25, 0.3) is 0 Å². The fourth-order valence-corrected chi connectivity index (χ4v) is 1.96. The van der Waals surface area contributed by atoms with Crippen LogP contribution in [0.2, 0.25) is 0 Å². The molecule has 18 heavy (non-hydrogen) atoms. The lowest BCUT2D eigenvalue weighted by atomic mass is 10.1. The van der Waals surface area contributed by atoms with Gasteiger partial charge in [-0.2, -0.15) is 0 Å².